The summed E-state index contributed by atoms with van der Waals surface area (Å²) in [7, 11) is 0. The van der Waals surface area contributed by atoms with Crippen LogP contribution in [0.2, 0.25) is 0 Å². The van der Waals surface area contributed by atoms with E-state index in [0.717, 1.165) is 45.4 Å². The summed E-state index contributed by atoms with van der Waals surface area (Å²) >= 11 is 0. The first-order valence-corrected chi connectivity index (χ1v) is 6.25. The van der Waals surface area contributed by atoms with Gasteiger partial charge in [-0.25, -0.2) is 0 Å². The predicted molar refractivity (Wildman–Crippen MR) is 61.9 cm³/mol. The fourth-order valence-electron chi connectivity index (χ4n) is 2.52. The molecule has 2 atom stereocenters. The first-order valence-electron chi connectivity index (χ1n) is 6.25. The van der Waals surface area contributed by atoms with Gasteiger partial charge in [-0.3, -0.25) is 4.79 Å². The molecule has 0 aliphatic carbocycles. The van der Waals surface area contributed by atoms with E-state index in [1.807, 2.05) is 4.90 Å². The van der Waals surface area contributed by atoms with Crippen LogP contribution in [0, 0.1) is 5.41 Å². The van der Waals surface area contributed by atoms with Crippen LogP contribution in [0.1, 0.15) is 32.6 Å². The molecule has 2 aliphatic rings. The molecule has 0 aromatic carbocycles. The van der Waals surface area contributed by atoms with Gasteiger partial charge >= 0.3 is 0 Å². The summed E-state index contributed by atoms with van der Waals surface area (Å²) in [5, 5.41) is 0. The highest BCUT2D eigenvalue weighted by molar-refractivity contribution is 5.81. The number of nitrogens with two attached hydrogens (primary N) is 1. The van der Waals surface area contributed by atoms with Crippen LogP contribution in [-0.4, -0.2) is 43.2 Å². The molecule has 4 nitrogen and oxygen atoms in total. The van der Waals surface area contributed by atoms with Gasteiger partial charge in [0.15, 0.2) is 0 Å². The van der Waals surface area contributed by atoms with E-state index in [-0.39, 0.29) is 17.4 Å². The van der Waals surface area contributed by atoms with E-state index in [4.69, 9.17) is 10.5 Å². The fourth-order valence-corrected chi connectivity index (χ4v) is 2.52. The Morgan fingerprint density at radius 1 is 1.56 bits per heavy atom. The van der Waals surface area contributed by atoms with E-state index in [1.165, 1.54) is 0 Å². The molecule has 2 heterocycles. The summed E-state index contributed by atoms with van der Waals surface area (Å²) in [4.78, 5) is 14.1. The predicted octanol–water partition coefficient (Wildman–Crippen LogP) is 0.753. The largest absolute Gasteiger partial charge is 0.368 e. The number of nitrogens with zero attached hydrogens (tertiary/aromatic N) is 1. The third kappa shape index (κ3) is 2.38. The maximum Gasteiger partial charge on any atom is 0.251 e. The van der Waals surface area contributed by atoms with E-state index in [0.29, 0.717) is 6.54 Å². The zero-order valence-corrected chi connectivity index (χ0v) is 10.1. The molecular weight excluding hydrogens is 204 g/mol. The van der Waals surface area contributed by atoms with Gasteiger partial charge in [0.05, 0.1) is 0 Å². The van der Waals surface area contributed by atoms with E-state index in [9.17, 15) is 4.79 Å². The van der Waals surface area contributed by atoms with Gasteiger partial charge in [0.1, 0.15) is 6.10 Å². The second-order valence-electron chi connectivity index (χ2n) is 5.38. The van der Waals surface area contributed by atoms with E-state index in [2.05, 4.69) is 6.92 Å². The van der Waals surface area contributed by atoms with Crippen LogP contribution in [0.25, 0.3) is 0 Å². The fraction of sp³-hybridized carbons (Fsp3) is 0.917. The highest BCUT2D eigenvalue weighted by atomic mass is 16.5. The zero-order valence-electron chi connectivity index (χ0n) is 10.1. The molecule has 92 valence electrons. The summed E-state index contributed by atoms with van der Waals surface area (Å²) in [5.74, 6) is 0.178. The lowest BCUT2D eigenvalue weighted by molar-refractivity contribution is -0.145. The second kappa shape index (κ2) is 4.72. The number of carbonyl (C=O) groups is 1. The maximum atomic E-state index is 12.2. The zero-order chi connectivity index (χ0) is 11.6. The van der Waals surface area contributed by atoms with Crippen molar-refractivity contribution in [3.8, 4) is 0 Å². The molecule has 1 amide bonds. The molecule has 0 bridgehead atoms. The van der Waals surface area contributed by atoms with Crippen LogP contribution in [0.3, 0.4) is 0 Å². The molecule has 0 radical (unpaired) electrons. The van der Waals surface area contributed by atoms with Crippen molar-refractivity contribution in [3.63, 3.8) is 0 Å². The Morgan fingerprint density at radius 2 is 2.38 bits per heavy atom. The first-order chi connectivity index (χ1) is 7.64. The van der Waals surface area contributed by atoms with Gasteiger partial charge in [-0.15, -0.1) is 0 Å². The van der Waals surface area contributed by atoms with Gasteiger partial charge in [0, 0.05) is 19.7 Å². The minimum atomic E-state index is -0.186. The van der Waals surface area contributed by atoms with Crippen molar-refractivity contribution in [2.45, 2.75) is 38.7 Å². The monoisotopic (exact) mass is 226 g/mol. The Balaban J connectivity index is 1.91. The van der Waals surface area contributed by atoms with E-state index in [1.54, 1.807) is 0 Å². The molecule has 0 aromatic heterocycles. The van der Waals surface area contributed by atoms with Crippen molar-refractivity contribution in [1.82, 2.24) is 4.90 Å². The molecule has 4 heteroatoms. The van der Waals surface area contributed by atoms with Crippen LogP contribution in [0.15, 0.2) is 0 Å². The number of carbonyl (C=O) groups excluding carboxylic acids is 1. The number of rotatable bonds is 2. The highest BCUT2D eigenvalue weighted by Gasteiger charge is 2.37. The summed E-state index contributed by atoms with van der Waals surface area (Å²) < 4.78 is 5.53. The molecule has 0 spiro atoms. The van der Waals surface area contributed by atoms with E-state index < -0.39 is 0 Å². The summed E-state index contributed by atoms with van der Waals surface area (Å²) in [6, 6.07) is 0. The Kier molecular flexibility index (Phi) is 3.50. The average Bonchev–Trinajstić information content (AvgIpc) is 2.73. The van der Waals surface area contributed by atoms with Crippen molar-refractivity contribution in [2.75, 3.05) is 26.2 Å². The van der Waals surface area contributed by atoms with Gasteiger partial charge in [-0.1, -0.05) is 6.92 Å². The minimum Gasteiger partial charge on any atom is -0.368 e. The number of hydrogen-bond acceptors (Lipinski definition) is 3. The normalized spacial score (nSPS) is 35.4. The lowest BCUT2D eigenvalue weighted by atomic mass is 9.90. The Hall–Kier alpha value is -0.610. The number of amides is 1. The summed E-state index contributed by atoms with van der Waals surface area (Å²) in [6.07, 6.45) is 3.91. The quantitative estimate of drug-likeness (QED) is 0.756. The van der Waals surface area contributed by atoms with Crippen molar-refractivity contribution in [3.05, 3.63) is 0 Å². The average molecular weight is 226 g/mol. The smallest absolute Gasteiger partial charge is 0.251 e. The summed E-state index contributed by atoms with van der Waals surface area (Å²) in [5.41, 5.74) is 5.86. The molecule has 2 rings (SSSR count). The van der Waals surface area contributed by atoms with Gasteiger partial charge in [0.2, 0.25) is 0 Å². The molecule has 0 saturated carbocycles. The van der Waals surface area contributed by atoms with Crippen molar-refractivity contribution in [1.29, 1.82) is 0 Å². The van der Waals surface area contributed by atoms with Crippen molar-refractivity contribution < 1.29 is 9.53 Å². The Bertz CT molecular complexity index is 264. The number of hydrogen-bond donors (Lipinski definition) is 1. The van der Waals surface area contributed by atoms with Crippen LogP contribution in [0.4, 0.5) is 0 Å². The molecule has 2 fully saturated rings. The molecule has 2 saturated heterocycles. The first kappa shape index (κ1) is 11.9. The molecule has 2 aliphatic heterocycles. The van der Waals surface area contributed by atoms with Crippen LogP contribution in [0.5, 0.6) is 0 Å². The molecule has 0 aromatic rings. The van der Waals surface area contributed by atoms with Gasteiger partial charge in [-0.05, 0) is 37.6 Å². The van der Waals surface area contributed by atoms with Crippen molar-refractivity contribution >= 4 is 5.91 Å². The SMILES string of the molecule is CC1(CN)CCN(C(=O)C2CCCCO2)C1. The third-order valence-corrected chi connectivity index (χ3v) is 3.82. The van der Waals surface area contributed by atoms with Gasteiger partial charge in [-0.2, -0.15) is 0 Å². The van der Waals surface area contributed by atoms with Gasteiger partial charge in [0.25, 0.3) is 5.91 Å². The van der Waals surface area contributed by atoms with Gasteiger partial charge < -0.3 is 15.4 Å². The second-order valence-corrected chi connectivity index (χ2v) is 5.38. The van der Waals surface area contributed by atoms with E-state index >= 15 is 0 Å². The Morgan fingerprint density at radius 3 is 2.94 bits per heavy atom. The lowest BCUT2D eigenvalue weighted by Crippen LogP contribution is -2.42. The summed E-state index contributed by atoms with van der Waals surface area (Å²) in [6.45, 7) is 5.18. The number of ether oxygens (including phenoxy) is 1. The number of likely N-dealkylation sites (tertiary alicyclic amines) is 1. The highest BCUT2D eigenvalue weighted by Crippen LogP contribution is 2.29. The minimum absolute atomic E-state index is 0.115. The third-order valence-electron chi connectivity index (χ3n) is 3.82. The van der Waals surface area contributed by atoms with Crippen LogP contribution in [-0.2, 0) is 9.53 Å². The molecular formula is C12H22N2O2. The maximum absolute atomic E-state index is 12.2. The topological polar surface area (TPSA) is 55.6 Å². The molecule has 2 N–H and O–H groups in total. The lowest BCUT2D eigenvalue weighted by Gasteiger charge is -2.28. The standard InChI is InChI=1S/C12H22N2O2/c1-12(8-13)5-6-14(9-12)11(15)10-4-2-3-7-16-10/h10H,2-9,13H2,1H3. The molecule has 16 heavy (non-hydrogen) atoms. The van der Waals surface area contributed by atoms with Crippen LogP contribution >= 0.6 is 0 Å². The molecule has 2 unspecified atom stereocenters. The van der Waals surface area contributed by atoms with Crippen molar-refractivity contribution in [2.24, 2.45) is 11.1 Å². The Labute approximate surface area is 97.1 Å². The van der Waals surface area contributed by atoms with Crippen LogP contribution < -0.4 is 5.73 Å².